The van der Waals surface area contributed by atoms with E-state index in [9.17, 15) is 0 Å². The van der Waals surface area contributed by atoms with E-state index in [4.69, 9.17) is 5.73 Å². The molecule has 0 saturated heterocycles. The van der Waals surface area contributed by atoms with Crippen molar-refractivity contribution in [3.63, 3.8) is 0 Å². The van der Waals surface area contributed by atoms with Gasteiger partial charge in [-0.25, -0.2) is 4.99 Å². The minimum Gasteiger partial charge on any atom is -0.370 e. The number of guanidine groups is 1. The van der Waals surface area contributed by atoms with Gasteiger partial charge in [0.1, 0.15) is 0 Å². The predicted molar refractivity (Wildman–Crippen MR) is 76.8 cm³/mol. The Morgan fingerprint density at radius 3 is 2.50 bits per heavy atom. The van der Waals surface area contributed by atoms with Gasteiger partial charge in [-0.05, 0) is 54.9 Å². The van der Waals surface area contributed by atoms with Crippen molar-refractivity contribution in [2.24, 2.45) is 10.7 Å². The molecule has 0 fully saturated rings. The van der Waals surface area contributed by atoms with E-state index < -0.39 is 0 Å². The summed E-state index contributed by atoms with van der Waals surface area (Å²) in [5, 5.41) is 3.06. The van der Waals surface area contributed by atoms with Crippen LogP contribution in [0, 0.1) is 0 Å². The third kappa shape index (κ3) is 4.53. The highest BCUT2D eigenvalue weighted by Gasteiger charge is 2.09. The molecule has 0 aliphatic carbocycles. The number of nitrogens with one attached hydrogen (secondary N) is 1. The molecule has 0 spiro atoms. The molecule has 3 nitrogen and oxygen atoms in total. The van der Waals surface area contributed by atoms with Crippen LogP contribution >= 0.6 is 31.9 Å². The fraction of sp³-hybridized carbons (Fsp3) is 0.364. The highest BCUT2D eigenvalue weighted by Crippen LogP contribution is 2.26. The maximum atomic E-state index is 5.81. The van der Waals surface area contributed by atoms with E-state index >= 15 is 0 Å². The summed E-state index contributed by atoms with van der Waals surface area (Å²) < 4.78 is 1.93. The molecule has 1 aromatic carbocycles. The lowest BCUT2D eigenvalue weighted by atomic mass is 10.1. The van der Waals surface area contributed by atoms with Crippen LogP contribution in [0.2, 0.25) is 0 Å². The van der Waals surface area contributed by atoms with E-state index in [1.54, 1.807) is 0 Å². The smallest absolute Gasteiger partial charge is 0.193 e. The van der Waals surface area contributed by atoms with E-state index in [0.717, 1.165) is 14.6 Å². The molecule has 0 saturated carbocycles. The van der Waals surface area contributed by atoms with Crippen LogP contribution in [0.4, 0.5) is 5.69 Å². The second-order valence-corrected chi connectivity index (χ2v) is 6.19. The van der Waals surface area contributed by atoms with Crippen molar-refractivity contribution in [2.75, 3.05) is 5.32 Å². The van der Waals surface area contributed by atoms with Crippen LogP contribution in [-0.4, -0.2) is 11.5 Å². The van der Waals surface area contributed by atoms with Crippen LogP contribution in [0.3, 0.4) is 0 Å². The highest BCUT2D eigenvalue weighted by molar-refractivity contribution is 9.11. The molecule has 0 aliphatic heterocycles. The van der Waals surface area contributed by atoms with E-state index in [1.807, 2.05) is 39.0 Å². The molecule has 0 bridgehead atoms. The van der Waals surface area contributed by atoms with Crippen LogP contribution in [0.5, 0.6) is 0 Å². The van der Waals surface area contributed by atoms with Crippen molar-refractivity contribution in [3.8, 4) is 0 Å². The summed E-state index contributed by atoms with van der Waals surface area (Å²) in [6.45, 7) is 5.99. The Hall–Kier alpha value is -0.550. The molecule has 0 radical (unpaired) electrons. The zero-order valence-corrected chi connectivity index (χ0v) is 12.7. The molecule has 1 aromatic rings. The third-order valence-electron chi connectivity index (χ3n) is 1.65. The van der Waals surface area contributed by atoms with E-state index in [0.29, 0.717) is 5.96 Å². The monoisotopic (exact) mass is 347 g/mol. The van der Waals surface area contributed by atoms with Crippen molar-refractivity contribution in [2.45, 2.75) is 26.3 Å². The lowest BCUT2D eigenvalue weighted by Gasteiger charge is -2.15. The fourth-order valence-corrected chi connectivity index (χ4v) is 1.83. The predicted octanol–water partition coefficient (Wildman–Crippen LogP) is 3.74. The molecular formula is C11H15Br2N3. The van der Waals surface area contributed by atoms with Gasteiger partial charge in [0.25, 0.3) is 0 Å². The van der Waals surface area contributed by atoms with E-state index in [2.05, 4.69) is 42.2 Å². The van der Waals surface area contributed by atoms with E-state index in [-0.39, 0.29) is 5.54 Å². The van der Waals surface area contributed by atoms with Gasteiger partial charge >= 0.3 is 0 Å². The summed E-state index contributed by atoms with van der Waals surface area (Å²) in [5.41, 5.74) is 6.52. The number of rotatable bonds is 1. The Morgan fingerprint density at radius 1 is 1.31 bits per heavy atom. The van der Waals surface area contributed by atoms with Gasteiger partial charge in [-0.1, -0.05) is 15.9 Å². The quantitative estimate of drug-likeness (QED) is 0.600. The molecule has 1 rings (SSSR count). The number of nitrogens with zero attached hydrogens (tertiary/aromatic N) is 1. The second kappa shape index (κ2) is 5.19. The first-order chi connectivity index (χ1) is 7.28. The largest absolute Gasteiger partial charge is 0.370 e. The van der Waals surface area contributed by atoms with Gasteiger partial charge in [0.05, 0.1) is 11.2 Å². The minimum atomic E-state index is -0.185. The summed E-state index contributed by atoms with van der Waals surface area (Å²) in [7, 11) is 0. The van der Waals surface area contributed by atoms with Gasteiger partial charge in [0, 0.05) is 8.95 Å². The lowest BCUT2D eigenvalue weighted by Crippen LogP contribution is -2.27. The van der Waals surface area contributed by atoms with Gasteiger partial charge in [0.2, 0.25) is 0 Å². The van der Waals surface area contributed by atoms with Crippen LogP contribution in [0.1, 0.15) is 20.8 Å². The molecule has 0 amide bonds. The Morgan fingerprint density at radius 2 is 1.94 bits per heavy atom. The topological polar surface area (TPSA) is 50.4 Å². The van der Waals surface area contributed by atoms with Gasteiger partial charge in [0.15, 0.2) is 5.96 Å². The van der Waals surface area contributed by atoms with E-state index in [1.165, 1.54) is 0 Å². The fourth-order valence-electron chi connectivity index (χ4n) is 1.12. The van der Waals surface area contributed by atoms with Crippen molar-refractivity contribution in [3.05, 3.63) is 27.1 Å². The standard InChI is InChI=1S/C11H15Br2N3/c1-11(2,3)16-10(14)15-9-6-7(12)4-5-8(9)13/h4-6H,1-3H3,(H3,14,15,16). The van der Waals surface area contributed by atoms with Crippen molar-refractivity contribution in [1.82, 2.24) is 0 Å². The van der Waals surface area contributed by atoms with Crippen molar-refractivity contribution >= 4 is 43.5 Å². The first-order valence-electron chi connectivity index (χ1n) is 4.85. The Kier molecular flexibility index (Phi) is 4.38. The average Bonchev–Trinajstić information content (AvgIpc) is 2.08. The van der Waals surface area contributed by atoms with Gasteiger partial charge in [-0.2, -0.15) is 0 Å². The molecule has 0 unspecified atom stereocenters. The molecule has 0 heterocycles. The first kappa shape index (κ1) is 13.5. The maximum Gasteiger partial charge on any atom is 0.193 e. The zero-order valence-electron chi connectivity index (χ0n) is 9.51. The minimum absolute atomic E-state index is 0.185. The molecule has 0 aromatic heterocycles. The summed E-state index contributed by atoms with van der Waals surface area (Å²) in [4.78, 5) is 4.32. The Labute approximate surface area is 113 Å². The number of benzene rings is 1. The first-order valence-corrected chi connectivity index (χ1v) is 6.44. The summed E-state index contributed by atoms with van der Waals surface area (Å²) in [5.74, 6) is 0.409. The molecule has 5 heteroatoms. The van der Waals surface area contributed by atoms with Crippen molar-refractivity contribution < 1.29 is 0 Å². The van der Waals surface area contributed by atoms with Crippen molar-refractivity contribution in [1.29, 1.82) is 0 Å². The number of hydrogen-bond acceptors (Lipinski definition) is 1. The van der Waals surface area contributed by atoms with Gasteiger partial charge in [-0.15, -0.1) is 0 Å². The summed E-state index contributed by atoms with van der Waals surface area (Å²) >= 11 is 6.85. The number of nitrogens with two attached hydrogens (primary N) is 1. The third-order valence-corrected chi connectivity index (χ3v) is 2.83. The summed E-state index contributed by atoms with van der Waals surface area (Å²) in [6, 6.07) is 5.83. The summed E-state index contributed by atoms with van der Waals surface area (Å²) in [6.07, 6.45) is 0. The van der Waals surface area contributed by atoms with Gasteiger partial charge < -0.3 is 11.1 Å². The number of anilines is 1. The van der Waals surface area contributed by atoms with Crippen LogP contribution in [-0.2, 0) is 0 Å². The second-order valence-electron chi connectivity index (χ2n) is 4.42. The lowest BCUT2D eigenvalue weighted by molar-refractivity contribution is 0.583. The molecule has 3 N–H and O–H groups in total. The average molecular weight is 349 g/mol. The Balaban J connectivity index is 2.89. The molecular weight excluding hydrogens is 334 g/mol. The SMILES string of the molecule is CC(C)(C)N=C(N)Nc1cc(Br)ccc1Br. The Bertz CT molecular complexity index is 408. The van der Waals surface area contributed by atoms with Crippen LogP contribution in [0.15, 0.2) is 32.1 Å². The molecule has 0 aliphatic rings. The van der Waals surface area contributed by atoms with Gasteiger partial charge in [-0.3, -0.25) is 0 Å². The number of hydrogen-bond donors (Lipinski definition) is 2. The number of aliphatic imine (C=N–C) groups is 1. The number of halogens is 2. The maximum absolute atomic E-state index is 5.81. The van der Waals surface area contributed by atoms with Crippen LogP contribution in [0.25, 0.3) is 0 Å². The molecule has 0 atom stereocenters. The molecule has 16 heavy (non-hydrogen) atoms. The normalized spacial score (nSPS) is 12.7. The molecule has 88 valence electrons. The zero-order chi connectivity index (χ0) is 12.3. The highest BCUT2D eigenvalue weighted by atomic mass is 79.9. The van der Waals surface area contributed by atoms with Crippen LogP contribution < -0.4 is 11.1 Å².